The summed E-state index contributed by atoms with van der Waals surface area (Å²) in [6.07, 6.45) is 5.20. The van der Waals surface area contributed by atoms with Gasteiger partial charge in [0.05, 0.1) is 31.6 Å². The molecule has 8 nitrogen and oxygen atoms in total. The van der Waals surface area contributed by atoms with Gasteiger partial charge in [-0.05, 0) is 6.07 Å². The Bertz CT molecular complexity index is 715. The first-order valence-electron chi connectivity index (χ1n) is 8.42. The number of carbonyl (C=O) groups excluding carboxylic acids is 1. The molecule has 0 unspecified atom stereocenters. The first-order valence-corrected chi connectivity index (χ1v) is 8.42. The molecule has 2 aliphatic heterocycles. The zero-order chi connectivity index (χ0) is 17.1. The van der Waals surface area contributed by atoms with Crippen LogP contribution in [0.15, 0.2) is 35.4 Å². The lowest BCUT2D eigenvalue weighted by Crippen LogP contribution is -2.36. The summed E-state index contributed by atoms with van der Waals surface area (Å²) in [6, 6.07) is 3.53. The number of hydrogen-bond acceptors (Lipinski definition) is 7. The molecule has 4 heterocycles. The Hall–Kier alpha value is -2.61. The van der Waals surface area contributed by atoms with Crippen LogP contribution in [-0.4, -0.2) is 66.3 Å². The van der Waals surface area contributed by atoms with E-state index in [0.29, 0.717) is 37.7 Å². The van der Waals surface area contributed by atoms with Crippen LogP contribution in [0.5, 0.6) is 5.88 Å². The number of furan rings is 1. The summed E-state index contributed by atoms with van der Waals surface area (Å²) < 4.78 is 16.3. The van der Waals surface area contributed by atoms with Crippen molar-refractivity contribution in [3.05, 3.63) is 36.5 Å². The van der Waals surface area contributed by atoms with Crippen LogP contribution in [0.2, 0.25) is 0 Å². The fraction of sp³-hybridized carbons (Fsp3) is 0.471. The molecule has 4 rings (SSSR count). The zero-order valence-corrected chi connectivity index (χ0v) is 13.8. The Labute approximate surface area is 145 Å². The van der Waals surface area contributed by atoms with Gasteiger partial charge >= 0.3 is 0 Å². The molecular formula is C17H20N4O4. The summed E-state index contributed by atoms with van der Waals surface area (Å²) >= 11 is 0. The number of amides is 1. The molecule has 0 N–H and O–H groups in total. The largest absolute Gasteiger partial charge is 0.472 e. The second kappa shape index (κ2) is 7.10. The van der Waals surface area contributed by atoms with Gasteiger partial charge in [-0.15, -0.1) is 0 Å². The van der Waals surface area contributed by atoms with Gasteiger partial charge in [0.25, 0.3) is 5.91 Å². The summed E-state index contributed by atoms with van der Waals surface area (Å²) in [6.45, 7) is 4.23. The number of ether oxygens (including phenoxy) is 2. The molecule has 0 saturated carbocycles. The highest BCUT2D eigenvalue weighted by Gasteiger charge is 2.29. The van der Waals surface area contributed by atoms with Crippen molar-refractivity contribution in [1.29, 1.82) is 0 Å². The van der Waals surface area contributed by atoms with E-state index in [0.717, 1.165) is 25.3 Å². The van der Waals surface area contributed by atoms with Crippen molar-refractivity contribution in [2.24, 2.45) is 0 Å². The van der Waals surface area contributed by atoms with Gasteiger partial charge in [-0.2, -0.15) is 0 Å². The van der Waals surface area contributed by atoms with E-state index < -0.39 is 0 Å². The summed E-state index contributed by atoms with van der Waals surface area (Å²) in [4.78, 5) is 24.8. The van der Waals surface area contributed by atoms with Crippen LogP contribution < -0.4 is 9.64 Å². The lowest BCUT2D eigenvalue weighted by molar-refractivity contribution is 0.0770. The maximum absolute atomic E-state index is 12.3. The van der Waals surface area contributed by atoms with Crippen molar-refractivity contribution >= 4 is 11.7 Å². The molecule has 2 aromatic rings. The van der Waals surface area contributed by atoms with E-state index in [1.165, 1.54) is 18.9 Å². The highest BCUT2D eigenvalue weighted by atomic mass is 16.5. The summed E-state index contributed by atoms with van der Waals surface area (Å²) in [7, 11) is 0. The van der Waals surface area contributed by atoms with E-state index in [2.05, 4.69) is 14.9 Å². The van der Waals surface area contributed by atoms with Gasteiger partial charge in [-0.1, -0.05) is 0 Å². The Balaban J connectivity index is 1.37. The highest BCUT2D eigenvalue weighted by molar-refractivity contribution is 5.94. The molecule has 2 fully saturated rings. The van der Waals surface area contributed by atoms with Crippen molar-refractivity contribution in [1.82, 2.24) is 14.9 Å². The Kier molecular flexibility index (Phi) is 4.51. The van der Waals surface area contributed by atoms with Crippen LogP contribution in [0.1, 0.15) is 16.8 Å². The minimum Gasteiger partial charge on any atom is -0.472 e. The number of aromatic nitrogens is 2. The number of anilines is 1. The molecule has 2 aliphatic rings. The SMILES string of the molecule is O=C(c1ccoc1)N1CC[C@@H](Oc2cc(N3CCOCC3)ncn2)C1. The van der Waals surface area contributed by atoms with Crippen LogP contribution in [0, 0.1) is 0 Å². The van der Waals surface area contributed by atoms with E-state index in [1.54, 1.807) is 11.0 Å². The number of nitrogens with zero attached hydrogens (tertiary/aromatic N) is 4. The van der Waals surface area contributed by atoms with E-state index >= 15 is 0 Å². The van der Waals surface area contributed by atoms with E-state index in [-0.39, 0.29) is 12.0 Å². The molecule has 1 amide bonds. The molecule has 132 valence electrons. The Morgan fingerprint density at radius 1 is 1.24 bits per heavy atom. The average Bonchev–Trinajstić information content (AvgIpc) is 3.34. The molecule has 0 aromatic carbocycles. The third-order valence-electron chi connectivity index (χ3n) is 4.45. The molecule has 0 bridgehead atoms. The number of likely N-dealkylation sites (tertiary alicyclic amines) is 1. The number of hydrogen-bond donors (Lipinski definition) is 0. The maximum atomic E-state index is 12.3. The summed E-state index contributed by atoms with van der Waals surface area (Å²) in [5.74, 6) is 1.35. The zero-order valence-electron chi connectivity index (χ0n) is 13.8. The predicted octanol–water partition coefficient (Wildman–Crippen LogP) is 1.20. The Morgan fingerprint density at radius 2 is 2.12 bits per heavy atom. The van der Waals surface area contributed by atoms with Crippen molar-refractivity contribution in [3.63, 3.8) is 0 Å². The second-order valence-electron chi connectivity index (χ2n) is 6.11. The van der Waals surface area contributed by atoms with E-state index in [4.69, 9.17) is 13.9 Å². The van der Waals surface area contributed by atoms with Crippen molar-refractivity contribution in [3.8, 4) is 5.88 Å². The van der Waals surface area contributed by atoms with E-state index in [1.807, 2.05) is 6.07 Å². The fourth-order valence-electron chi connectivity index (χ4n) is 3.11. The van der Waals surface area contributed by atoms with Gasteiger partial charge in [0, 0.05) is 32.1 Å². The van der Waals surface area contributed by atoms with Crippen LogP contribution in [0.4, 0.5) is 5.82 Å². The van der Waals surface area contributed by atoms with E-state index in [9.17, 15) is 4.79 Å². The molecule has 0 radical (unpaired) electrons. The first kappa shape index (κ1) is 15.9. The van der Waals surface area contributed by atoms with Crippen molar-refractivity contribution < 1.29 is 18.7 Å². The highest BCUT2D eigenvalue weighted by Crippen LogP contribution is 2.21. The van der Waals surface area contributed by atoms with Gasteiger partial charge in [0.1, 0.15) is 24.5 Å². The van der Waals surface area contributed by atoms with Crippen LogP contribution >= 0.6 is 0 Å². The summed E-state index contributed by atoms with van der Waals surface area (Å²) in [5.41, 5.74) is 0.567. The molecular weight excluding hydrogens is 324 g/mol. The number of morpholine rings is 1. The molecule has 0 spiro atoms. The maximum Gasteiger partial charge on any atom is 0.257 e. The quantitative estimate of drug-likeness (QED) is 0.824. The van der Waals surface area contributed by atoms with Crippen molar-refractivity contribution in [2.45, 2.75) is 12.5 Å². The lowest BCUT2D eigenvalue weighted by Gasteiger charge is -2.27. The summed E-state index contributed by atoms with van der Waals surface area (Å²) in [5, 5.41) is 0. The van der Waals surface area contributed by atoms with Crippen LogP contribution in [0.25, 0.3) is 0 Å². The third kappa shape index (κ3) is 3.58. The average molecular weight is 344 g/mol. The second-order valence-corrected chi connectivity index (χ2v) is 6.11. The lowest BCUT2D eigenvalue weighted by atomic mass is 10.3. The van der Waals surface area contributed by atoms with Gasteiger partial charge in [0.2, 0.25) is 5.88 Å². The molecule has 2 saturated heterocycles. The van der Waals surface area contributed by atoms with Gasteiger partial charge in [-0.3, -0.25) is 4.79 Å². The minimum atomic E-state index is -0.0664. The van der Waals surface area contributed by atoms with Crippen molar-refractivity contribution in [2.75, 3.05) is 44.3 Å². The standard InChI is InChI=1S/C17H20N4O4/c22-17(13-2-6-24-11-13)21-3-1-14(10-21)25-16-9-15(18-12-19-16)20-4-7-23-8-5-20/h2,6,9,11-12,14H,1,3-5,7-8,10H2/t14-/m1/s1. The normalized spacial score (nSPS) is 20.7. The topological polar surface area (TPSA) is 80.9 Å². The van der Waals surface area contributed by atoms with Crippen LogP contribution in [0.3, 0.4) is 0 Å². The molecule has 2 aromatic heterocycles. The van der Waals surface area contributed by atoms with Gasteiger partial charge < -0.3 is 23.7 Å². The monoisotopic (exact) mass is 344 g/mol. The molecule has 0 aliphatic carbocycles. The minimum absolute atomic E-state index is 0.0310. The molecule has 8 heteroatoms. The molecule has 25 heavy (non-hydrogen) atoms. The smallest absolute Gasteiger partial charge is 0.257 e. The number of carbonyl (C=O) groups is 1. The molecule has 1 atom stereocenters. The van der Waals surface area contributed by atoms with Gasteiger partial charge in [-0.25, -0.2) is 9.97 Å². The third-order valence-corrected chi connectivity index (χ3v) is 4.45. The predicted molar refractivity (Wildman–Crippen MR) is 88.7 cm³/mol. The van der Waals surface area contributed by atoms with Crippen LogP contribution in [-0.2, 0) is 4.74 Å². The van der Waals surface area contributed by atoms with Gasteiger partial charge in [0.15, 0.2) is 0 Å². The fourth-order valence-corrected chi connectivity index (χ4v) is 3.11. The Morgan fingerprint density at radius 3 is 2.92 bits per heavy atom. The first-order chi connectivity index (χ1) is 12.3. The number of rotatable bonds is 4.